The minimum absolute atomic E-state index is 1.37. The molecule has 0 fully saturated rings. The van der Waals surface area contributed by atoms with E-state index in [-0.39, 0.29) is 0 Å². The first kappa shape index (κ1) is 49.0. The van der Waals surface area contributed by atoms with Crippen molar-refractivity contribution in [2.45, 2.75) is 285 Å². The first-order valence-corrected chi connectivity index (χ1v) is 24.1. The molecule has 0 radical (unpaired) electrons. The maximum absolute atomic E-state index is 2.34. The van der Waals surface area contributed by atoms with E-state index in [4.69, 9.17) is 0 Å². The smallest absolute Gasteiger partial charge is 0.0786 e. The Morgan fingerprint density at radius 2 is 0.286 bits per heavy atom. The molecule has 0 aliphatic carbocycles. The fourth-order valence-corrected chi connectivity index (χ4v) is 8.41. The van der Waals surface area contributed by atoms with Crippen LogP contribution in [0.25, 0.3) is 0 Å². The van der Waals surface area contributed by atoms with Crippen molar-refractivity contribution >= 4 is 0 Å². The van der Waals surface area contributed by atoms with Gasteiger partial charge in [0.05, 0.1) is 26.2 Å². The fraction of sp³-hybridized carbons (Fsp3) is 1.00. The third-order valence-corrected chi connectivity index (χ3v) is 11.9. The highest BCUT2D eigenvalue weighted by Gasteiger charge is 2.25. The van der Waals surface area contributed by atoms with Gasteiger partial charge in [-0.2, -0.15) is 0 Å². The number of hydrogen-bond acceptors (Lipinski definition) is 0. The van der Waals surface area contributed by atoms with Crippen LogP contribution in [0, 0.1) is 0 Å². The van der Waals surface area contributed by atoms with Crippen molar-refractivity contribution in [2.75, 3.05) is 26.2 Å². The van der Waals surface area contributed by atoms with E-state index < -0.39 is 0 Å². The normalized spacial score (nSPS) is 12.0. The molecule has 0 heterocycles. The molecule has 0 saturated carbocycles. The second-order valence-corrected chi connectivity index (χ2v) is 17.0. The topological polar surface area (TPSA) is 0 Å². The van der Waals surface area contributed by atoms with Crippen LogP contribution >= 0.6 is 0 Å². The minimum atomic E-state index is 1.37. The van der Waals surface area contributed by atoms with Gasteiger partial charge >= 0.3 is 0 Å². The van der Waals surface area contributed by atoms with Crippen molar-refractivity contribution in [3.63, 3.8) is 0 Å². The lowest BCUT2D eigenvalue weighted by Crippen LogP contribution is -2.50. The Morgan fingerprint density at radius 3 is 0.429 bits per heavy atom. The summed E-state index contributed by atoms with van der Waals surface area (Å²) in [5.74, 6) is 0. The molecule has 0 atom stereocenters. The van der Waals surface area contributed by atoms with Crippen LogP contribution in [0.1, 0.15) is 285 Å². The zero-order valence-corrected chi connectivity index (χ0v) is 35.6. The standard InChI is InChI=1S/C48H100N/c1-5-9-13-17-21-25-29-33-37-41-45-49(46-42-38-34-30-26-22-18-14-10-6-2,47-43-39-35-31-27-23-19-15-11-7-3)48-44-40-36-32-28-24-20-16-12-8-4/h5-48H2,1-4H3/q+1. The van der Waals surface area contributed by atoms with Gasteiger partial charge in [0.1, 0.15) is 0 Å². The van der Waals surface area contributed by atoms with Gasteiger partial charge in [0, 0.05) is 0 Å². The molecule has 0 aliphatic heterocycles. The van der Waals surface area contributed by atoms with Crippen molar-refractivity contribution in [1.29, 1.82) is 0 Å². The molecule has 0 rings (SSSR count). The van der Waals surface area contributed by atoms with Crippen molar-refractivity contribution in [2.24, 2.45) is 0 Å². The lowest BCUT2D eigenvalue weighted by molar-refractivity contribution is -0.929. The van der Waals surface area contributed by atoms with Crippen molar-refractivity contribution in [3.05, 3.63) is 0 Å². The van der Waals surface area contributed by atoms with Gasteiger partial charge in [-0.3, -0.25) is 0 Å². The van der Waals surface area contributed by atoms with Gasteiger partial charge in [0.15, 0.2) is 0 Å². The SMILES string of the molecule is CCCCCCCCCCCC[N+](CCCCCCCCCCCC)(CCCCCCCCCCCC)CCCCCCCCCCCC. The van der Waals surface area contributed by atoms with E-state index in [1.807, 2.05) is 0 Å². The first-order chi connectivity index (χ1) is 24.2. The van der Waals surface area contributed by atoms with Crippen molar-refractivity contribution < 1.29 is 4.48 Å². The molecule has 0 aromatic rings. The highest BCUT2D eigenvalue weighted by Crippen LogP contribution is 2.22. The lowest BCUT2D eigenvalue weighted by atomic mass is 10.0. The maximum Gasteiger partial charge on any atom is 0.0786 e. The van der Waals surface area contributed by atoms with Gasteiger partial charge in [-0.25, -0.2) is 0 Å². The molecule has 49 heavy (non-hydrogen) atoms. The second kappa shape index (κ2) is 42.4. The summed E-state index contributed by atoms with van der Waals surface area (Å²) in [6.07, 6.45) is 58.7. The molecule has 0 N–H and O–H groups in total. The van der Waals surface area contributed by atoms with E-state index in [0.29, 0.717) is 0 Å². The lowest BCUT2D eigenvalue weighted by Gasteiger charge is -2.40. The number of nitrogens with zero attached hydrogens (tertiary/aromatic N) is 1. The Balaban J connectivity index is 4.87. The van der Waals surface area contributed by atoms with Gasteiger partial charge in [0.25, 0.3) is 0 Å². The number of quaternary nitrogens is 1. The number of hydrogen-bond donors (Lipinski definition) is 0. The third kappa shape index (κ3) is 37.5. The molecule has 296 valence electrons. The van der Waals surface area contributed by atoms with Gasteiger partial charge in [-0.1, -0.05) is 233 Å². The van der Waals surface area contributed by atoms with E-state index >= 15 is 0 Å². The van der Waals surface area contributed by atoms with Crippen LogP contribution in [-0.4, -0.2) is 30.7 Å². The van der Waals surface area contributed by atoms with Crippen LogP contribution in [-0.2, 0) is 0 Å². The summed E-state index contributed by atoms with van der Waals surface area (Å²) in [4.78, 5) is 0. The van der Waals surface area contributed by atoms with Crippen LogP contribution in [0.15, 0.2) is 0 Å². The Hall–Kier alpha value is -0.0400. The molecule has 0 aromatic heterocycles. The Bertz CT molecular complexity index is 468. The van der Waals surface area contributed by atoms with Gasteiger partial charge in [-0.05, 0) is 51.4 Å². The summed E-state index contributed by atoms with van der Waals surface area (Å²) in [6, 6.07) is 0. The largest absolute Gasteiger partial charge is 0.324 e. The average molecular weight is 691 g/mol. The van der Waals surface area contributed by atoms with Crippen molar-refractivity contribution in [3.8, 4) is 0 Å². The average Bonchev–Trinajstić information content (AvgIpc) is 3.11. The molecule has 0 unspecified atom stereocenters. The fourth-order valence-electron chi connectivity index (χ4n) is 8.41. The minimum Gasteiger partial charge on any atom is -0.324 e. The van der Waals surface area contributed by atoms with Crippen LogP contribution < -0.4 is 0 Å². The molecule has 0 saturated heterocycles. The highest BCUT2D eigenvalue weighted by molar-refractivity contribution is 4.56. The Morgan fingerprint density at radius 1 is 0.163 bits per heavy atom. The van der Waals surface area contributed by atoms with E-state index in [9.17, 15) is 0 Å². The molecular weight excluding hydrogens is 591 g/mol. The molecule has 0 amide bonds. The van der Waals surface area contributed by atoms with Crippen LogP contribution in [0.4, 0.5) is 0 Å². The summed E-state index contributed by atoms with van der Waals surface area (Å²) in [5, 5.41) is 0. The van der Waals surface area contributed by atoms with E-state index in [1.54, 1.807) is 0 Å². The maximum atomic E-state index is 2.34. The molecule has 0 bridgehead atoms. The molecular formula is C48H100N+. The molecule has 0 aliphatic rings. The van der Waals surface area contributed by atoms with E-state index in [2.05, 4.69) is 27.7 Å². The first-order valence-electron chi connectivity index (χ1n) is 24.1. The molecule has 1 nitrogen and oxygen atoms in total. The summed E-state index contributed by atoms with van der Waals surface area (Å²) in [5.41, 5.74) is 0. The third-order valence-electron chi connectivity index (χ3n) is 11.9. The predicted octanol–water partition coefficient (Wildman–Crippen LogP) is 17.5. The number of rotatable bonds is 44. The van der Waals surface area contributed by atoms with Crippen molar-refractivity contribution in [1.82, 2.24) is 0 Å². The summed E-state index contributed by atoms with van der Waals surface area (Å²) in [7, 11) is 0. The molecule has 0 spiro atoms. The highest BCUT2D eigenvalue weighted by atomic mass is 15.3. The summed E-state index contributed by atoms with van der Waals surface area (Å²) >= 11 is 0. The Kier molecular flexibility index (Phi) is 42.3. The zero-order valence-electron chi connectivity index (χ0n) is 35.6. The van der Waals surface area contributed by atoms with E-state index in [1.165, 1.54) is 287 Å². The molecule has 0 aromatic carbocycles. The van der Waals surface area contributed by atoms with Crippen LogP contribution in [0.5, 0.6) is 0 Å². The summed E-state index contributed by atoms with van der Waals surface area (Å²) in [6.45, 7) is 15.3. The summed E-state index contributed by atoms with van der Waals surface area (Å²) < 4.78 is 1.49. The van der Waals surface area contributed by atoms with Crippen LogP contribution in [0.3, 0.4) is 0 Å². The van der Waals surface area contributed by atoms with Gasteiger partial charge in [-0.15, -0.1) is 0 Å². The van der Waals surface area contributed by atoms with Crippen LogP contribution in [0.2, 0.25) is 0 Å². The monoisotopic (exact) mass is 691 g/mol. The zero-order chi connectivity index (χ0) is 35.6. The number of unbranched alkanes of at least 4 members (excludes halogenated alkanes) is 36. The van der Waals surface area contributed by atoms with E-state index in [0.717, 1.165) is 0 Å². The Labute approximate surface area is 314 Å². The van der Waals surface area contributed by atoms with Gasteiger partial charge in [0.2, 0.25) is 0 Å². The quantitative estimate of drug-likeness (QED) is 0.0441. The van der Waals surface area contributed by atoms with Gasteiger partial charge < -0.3 is 4.48 Å². The molecule has 1 heteroatoms. The predicted molar refractivity (Wildman–Crippen MR) is 227 cm³/mol. The second-order valence-electron chi connectivity index (χ2n) is 17.0.